The molecular formula is C24H41NO4. The molecule has 2 aromatic rings. The van der Waals surface area contributed by atoms with Crippen LogP contribution < -0.4 is 5.73 Å². The van der Waals surface area contributed by atoms with Gasteiger partial charge in [0.1, 0.15) is 6.79 Å². The number of aliphatic hydroxyl groups excluding tert-OH is 2. The van der Waals surface area contributed by atoms with E-state index in [4.69, 9.17) is 25.8 Å². The Bertz CT molecular complexity index is 595. The van der Waals surface area contributed by atoms with Crippen LogP contribution in [0.4, 0.5) is 5.69 Å². The van der Waals surface area contributed by atoms with Crippen LogP contribution in [0.3, 0.4) is 0 Å². The van der Waals surface area contributed by atoms with Gasteiger partial charge in [0.2, 0.25) is 0 Å². The van der Waals surface area contributed by atoms with E-state index in [2.05, 4.69) is 26.0 Å². The predicted octanol–water partition coefficient (Wildman–Crippen LogP) is 4.42. The highest BCUT2D eigenvalue weighted by Gasteiger charge is 2.19. The SMILES string of the molecule is CC.COCCCC(C)(C)c1ccc(N)cc1.Cc1ccc(CO)cc1.OCO. The Morgan fingerprint density at radius 2 is 1.38 bits per heavy atom. The lowest BCUT2D eigenvalue weighted by Crippen LogP contribution is -2.17. The number of nitrogen functional groups attached to an aromatic ring is 1. The molecule has 5 heteroatoms. The van der Waals surface area contributed by atoms with Crippen LogP contribution in [0.15, 0.2) is 48.5 Å². The number of ether oxygens (including phenoxy) is 1. The van der Waals surface area contributed by atoms with Crippen molar-refractivity contribution in [1.82, 2.24) is 0 Å². The molecule has 0 amide bonds. The molecule has 0 radical (unpaired) electrons. The standard InChI is InChI=1S/C13H21NO.C8H10O.C2H6.CH4O2/c1-13(2,9-4-10-15-3)11-5-7-12(14)8-6-11;1-7-2-4-8(6-9)5-3-7;1-2;2-1-3/h5-8H,4,9-10,14H2,1-3H3;2-5,9H,6H2,1H3;1-2H3;2-3H,1H2. The second-order valence-corrected chi connectivity index (χ2v) is 6.89. The van der Waals surface area contributed by atoms with Gasteiger partial charge in [-0.05, 0) is 48.4 Å². The van der Waals surface area contributed by atoms with E-state index in [1.54, 1.807) is 7.11 Å². The maximum atomic E-state index is 8.63. The molecule has 2 aromatic carbocycles. The summed E-state index contributed by atoms with van der Waals surface area (Å²) in [4.78, 5) is 0. The zero-order chi connectivity index (χ0) is 22.7. The van der Waals surface area contributed by atoms with Gasteiger partial charge in [-0.2, -0.15) is 0 Å². The van der Waals surface area contributed by atoms with E-state index >= 15 is 0 Å². The van der Waals surface area contributed by atoms with Crippen molar-refractivity contribution in [2.75, 3.05) is 26.2 Å². The maximum Gasteiger partial charge on any atom is 0.140 e. The van der Waals surface area contributed by atoms with Crippen molar-refractivity contribution in [2.24, 2.45) is 0 Å². The van der Waals surface area contributed by atoms with Crippen LogP contribution in [-0.2, 0) is 16.8 Å². The molecule has 2 rings (SSSR count). The first kappa shape index (κ1) is 29.3. The van der Waals surface area contributed by atoms with Crippen LogP contribution in [0.1, 0.15) is 57.2 Å². The third kappa shape index (κ3) is 14.7. The fourth-order valence-electron chi connectivity index (χ4n) is 2.43. The molecule has 0 heterocycles. The quantitative estimate of drug-likeness (QED) is 0.323. The van der Waals surface area contributed by atoms with Crippen LogP contribution >= 0.6 is 0 Å². The summed E-state index contributed by atoms with van der Waals surface area (Å²) in [5.41, 5.74) is 10.2. The van der Waals surface area contributed by atoms with E-state index < -0.39 is 6.79 Å². The highest BCUT2D eigenvalue weighted by atomic mass is 16.5. The lowest BCUT2D eigenvalue weighted by atomic mass is 9.80. The van der Waals surface area contributed by atoms with Crippen molar-refractivity contribution in [3.63, 3.8) is 0 Å². The van der Waals surface area contributed by atoms with Crippen LogP contribution in [0.25, 0.3) is 0 Å². The van der Waals surface area contributed by atoms with Gasteiger partial charge in [0.05, 0.1) is 6.61 Å². The molecular weight excluding hydrogens is 366 g/mol. The van der Waals surface area contributed by atoms with Gasteiger partial charge in [-0.15, -0.1) is 0 Å². The van der Waals surface area contributed by atoms with E-state index in [1.807, 2.05) is 57.2 Å². The Morgan fingerprint density at radius 3 is 1.79 bits per heavy atom. The second-order valence-electron chi connectivity index (χ2n) is 6.89. The van der Waals surface area contributed by atoms with Crippen molar-refractivity contribution < 1.29 is 20.1 Å². The number of nitrogens with two attached hydrogens (primary N) is 1. The van der Waals surface area contributed by atoms with E-state index in [-0.39, 0.29) is 12.0 Å². The van der Waals surface area contributed by atoms with Crippen LogP contribution in [-0.4, -0.2) is 35.8 Å². The average molecular weight is 408 g/mol. The number of aliphatic hydroxyl groups is 3. The summed E-state index contributed by atoms with van der Waals surface area (Å²) in [6.45, 7) is 10.8. The monoisotopic (exact) mass is 407 g/mol. The van der Waals surface area contributed by atoms with Gasteiger partial charge < -0.3 is 25.8 Å². The first-order chi connectivity index (χ1) is 13.8. The first-order valence-electron chi connectivity index (χ1n) is 10.0. The molecule has 0 spiro atoms. The van der Waals surface area contributed by atoms with Gasteiger partial charge >= 0.3 is 0 Å². The van der Waals surface area contributed by atoms with Gasteiger partial charge in [-0.1, -0.05) is 69.7 Å². The lowest BCUT2D eigenvalue weighted by molar-refractivity contribution is 0.0773. The number of anilines is 1. The average Bonchev–Trinajstić information content (AvgIpc) is 2.72. The molecule has 5 nitrogen and oxygen atoms in total. The summed E-state index contributed by atoms with van der Waals surface area (Å²) in [6.07, 6.45) is 2.22. The zero-order valence-corrected chi connectivity index (χ0v) is 19.0. The molecule has 0 saturated carbocycles. The van der Waals surface area contributed by atoms with Gasteiger partial charge in [-0.3, -0.25) is 0 Å². The summed E-state index contributed by atoms with van der Waals surface area (Å²) in [5.74, 6) is 0. The van der Waals surface area contributed by atoms with Crippen molar-refractivity contribution in [3.8, 4) is 0 Å². The number of aryl methyl sites for hydroxylation is 1. The summed E-state index contributed by atoms with van der Waals surface area (Å²) in [6, 6.07) is 16.0. The molecule has 0 fully saturated rings. The molecule has 5 N–H and O–H groups in total. The highest BCUT2D eigenvalue weighted by Crippen LogP contribution is 2.28. The summed E-state index contributed by atoms with van der Waals surface area (Å²) < 4.78 is 5.07. The molecule has 0 unspecified atom stereocenters. The molecule has 0 aliphatic carbocycles. The van der Waals surface area contributed by atoms with Crippen LogP contribution in [0.2, 0.25) is 0 Å². The molecule has 29 heavy (non-hydrogen) atoms. The minimum absolute atomic E-state index is 0.139. The molecule has 0 saturated heterocycles. The van der Waals surface area contributed by atoms with Crippen LogP contribution in [0, 0.1) is 6.92 Å². The van der Waals surface area contributed by atoms with Crippen molar-refractivity contribution >= 4 is 5.69 Å². The Morgan fingerprint density at radius 1 is 0.897 bits per heavy atom. The number of benzene rings is 2. The number of methoxy groups -OCH3 is 1. The molecule has 0 atom stereocenters. The Kier molecular flexibility index (Phi) is 18.3. The highest BCUT2D eigenvalue weighted by molar-refractivity contribution is 5.41. The van der Waals surface area contributed by atoms with Crippen molar-refractivity contribution in [1.29, 1.82) is 0 Å². The topological polar surface area (TPSA) is 95.9 Å². The fraction of sp³-hybridized carbons (Fsp3) is 0.500. The van der Waals surface area contributed by atoms with E-state index in [1.165, 1.54) is 11.1 Å². The van der Waals surface area contributed by atoms with Gasteiger partial charge in [0, 0.05) is 19.4 Å². The van der Waals surface area contributed by atoms with E-state index in [9.17, 15) is 0 Å². The first-order valence-corrected chi connectivity index (χ1v) is 10.0. The molecule has 0 aliphatic heterocycles. The molecule has 0 bridgehead atoms. The van der Waals surface area contributed by atoms with Gasteiger partial charge in [0.15, 0.2) is 0 Å². The third-order valence-electron chi connectivity index (χ3n) is 4.15. The third-order valence-corrected chi connectivity index (χ3v) is 4.15. The van der Waals surface area contributed by atoms with Crippen molar-refractivity contribution in [3.05, 3.63) is 65.2 Å². The van der Waals surface area contributed by atoms with Gasteiger partial charge in [0.25, 0.3) is 0 Å². The Balaban J connectivity index is 0. The second kappa shape index (κ2) is 18.1. The lowest BCUT2D eigenvalue weighted by Gasteiger charge is -2.25. The minimum atomic E-state index is -0.750. The van der Waals surface area contributed by atoms with Crippen LogP contribution in [0.5, 0.6) is 0 Å². The van der Waals surface area contributed by atoms with Crippen molar-refractivity contribution in [2.45, 2.75) is 59.5 Å². The Labute approximate surface area is 177 Å². The number of hydrogen-bond donors (Lipinski definition) is 4. The minimum Gasteiger partial charge on any atom is -0.399 e. The predicted molar refractivity (Wildman–Crippen MR) is 123 cm³/mol. The largest absolute Gasteiger partial charge is 0.399 e. The summed E-state index contributed by atoms with van der Waals surface area (Å²) >= 11 is 0. The molecule has 0 aliphatic rings. The van der Waals surface area contributed by atoms with E-state index in [0.717, 1.165) is 30.7 Å². The number of hydrogen-bond acceptors (Lipinski definition) is 5. The van der Waals surface area contributed by atoms with Gasteiger partial charge in [-0.25, -0.2) is 0 Å². The Hall–Kier alpha value is -1.92. The fourth-order valence-corrected chi connectivity index (χ4v) is 2.43. The summed E-state index contributed by atoms with van der Waals surface area (Å²) in [5, 5.41) is 22.9. The number of rotatable bonds is 6. The summed E-state index contributed by atoms with van der Waals surface area (Å²) in [7, 11) is 1.75. The van der Waals surface area contributed by atoms with E-state index in [0.29, 0.717) is 0 Å². The smallest absolute Gasteiger partial charge is 0.140 e. The normalized spacial score (nSPS) is 9.83. The molecule has 0 aromatic heterocycles. The molecule has 166 valence electrons. The zero-order valence-electron chi connectivity index (χ0n) is 19.0. The maximum absolute atomic E-state index is 8.63.